The fourth-order valence-corrected chi connectivity index (χ4v) is 2.38. The summed E-state index contributed by atoms with van der Waals surface area (Å²) in [7, 11) is 0. The number of primary amides is 1. The van der Waals surface area contributed by atoms with Crippen LogP contribution in [0, 0.1) is 5.92 Å². The largest absolute Gasteiger partial charge is 0.480 e. The van der Waals surface area contributed by atoms with Crippen LogP contribution in [0.4, 0.5) is 0 Å². The normalized spacial score (nSPS) is 13.0. The smallest absolute Gasteiger partial charge is 0.320 e. The zero-order chi connectivity index (χ0) is 31.8. The zero-order valence-electron chi connectivity index (χ0n) is 22.9. The van der Waals surface area contributed by atoms with E-state index >= 15 is 0 Å². The molecule has 0 unspecified atom stereocenters. The van der Waals surface area contributed by atoms with Crippen molar-refractivity contribution in [3.8, 4) is 0 Å². The minimum atomic E-state index is -1.11. The molecule has 1 amide bonds. The maximum atomic E-state index is 10.3. The number of imidazole rings is 1. The molecule has 17 N–H and O–H groups in total. The molecule has 0 aliphatic rings. The van der Waals surface area contributed by atoms with Gasteiger partial charge in [0.05, 0.1) is 6.33 Å². The van der Waals surface area contributed by atoms with E-state index in [1.807, 2.05) is 13.8 Å². The topological polar surface area (TPSA) is 351 Å². The summed E-state index contributed by atoms with van der Waals surface area (Å²) in [5.41, 5.74) is 31.4. The van der Waals surface area contributed by atoms with Crippen LogP contribution >= 0.6 is 0 Å². The van der Waals surface area contributed by atoms with Gasteiger partial charge in [-0.05, 0) is 38.1 Å². The van der Waals surface area contributed by atoms with E-state index in [-0.39, 0.29) is 19.3 Å². The third-order valence-corrected chi connectivity index (χ3v) is 4.66. The zero-order valence-corrected chi connectivity index (χ0v) is 22.9. The summed E-state index contributed by atoms with van der Waals surface area (Å²) in [6.45, 7) is 4.50. The van der Waals surface area contributed by atoms with Crippen LogP contribution in [0.25, 0.3) is 0 Å². The van der Waals surface area contributed by atoms with Crippen LogP contribution in [0.5, 0.6) is 0 Å². The van der Waals surface area contributed by atoms with E-state index in [0.717, 1.165) is 18.5 Å². The Hall–Kier alpha value is -3.64. The molecule has 0 aliphatic heterocycles. The van der Waals surface area contributed by atoms with Gasteiger partial charge >= 0.3 is 23.9 Å². The molecule has 0 aliphatic carbocycles. The van der Waals surface area contributed by atoms with Crippen LogP contribution in [-0.2, 0) is 30.4 Å². The Balaban J connectivity index is -0.000000458. The molecule has 0 aromatic carbocycles. The van der Waals surface area contributed by atoms with Gasteiger partial charge in [0.2, 0.25) is 5.91 Å². The van der Waals surface area contributed by atoms with Gasteiger partial charge in [-0.15, -0.1) is 0 Å². The Bertz CT molecular complexity index is 853. The Morgan fingerprint density at radius 1 is 0.800 bits per heavy atom. The van der Waals surface area contributed by atoms with Gasteiger partial charge < -0.3 is 59.8 Å². The number of aromatic nitrogens is 2. The molecule has 0 spiro atoms. The predicted octanol–water partition coefficient (Wildman–Crippen LogP) is -2.00. The summed E-state index contributed by atoms with van der Waals surface area (Å²) in [6.07, 6.45) is 6.17. The highest BCUT2D eigenvalue weighted by Gasteiger charge is 2.13. The summed E-state index contributed by atoms with van der Waals surface area (Å²) in [5.74, 6) is -4.13. The molecule has 4 atom stereocenters. The number of nitrogens with one attached hydrogen (secondary N) is 1. The van der Waals surface area contributed by atoms with Crippen molar-refractivity contribution in [2.24, 2.45) is 40.3 Å². The van der Waals surface area contributed by atoms with Crippen LogP contribution in [0.15, 0.2) is 12.5 Å². The molecule has 17 heteroatoms. The number of aliphatic carboxylic acids is 4. The van der Waals surface area contributed by atoms with Crippen LogP contribution in [0.1, 0.15) is 58.1 Å². The highest BCUT2D eigenvalue weighted by molar-refractivity contribution is 5.77. The second-order valence-corrected chi connectivity index (χ2v) is 8.98. The molecular weight excluding hydrogens is 532 g/mol. The molecule has 40 heavy (non-hydrogen) atoms. The Labute approximate surface area is 232 Å². The number of hydrogen-bond donors (Lipinski definition) is 11. The summed E-state index contributed by atoms with van der Waals surface area (Å²) in [6, 6.07) is -3.24. The number of carbonyl (C=O) groups is 5. The fourth-order valence-electron chi connectivity index (χ4n) is 2.38. The van der Waals surface area contributed by atoms with Gasteiger partial charge in [0.25, 0.3) is 0 Å². The number of H-pyrrole nitrogens is 1. The van der Waals surface area contributed by atoms with E-state index in [9.17, 15) is 24.0 Å². The standard InChI is InChI=1S/C6H9N3O2.C6H14N2O2.C6H13NO2.C5H10N2O3/c7-5(6(10)11)1-4-2-8-3-9-4;7-4-2-1-3-5(8)6(9)10;1-4(2)3-5(7)6(8)9;6-3(5(9)10)1-2-4(7)8/h2-3,5H,1,7H2,(H,8,9)(H,10,11);5H,1-4,7-8H2,(H,9,10);4-5H,3,7H2,1-2H3,(H,8,9);3H,1-2,6H2,(H2,7,8)(H,9,10)/t3*5-;3-/m0000/s1. The predicted molar refractivity (Wildman–Crippen MR) is 146 cm³/mol. The van der Waals surface area contributed by atoms with Crippen molar-refractivity contribution >= 4 is 29.8 Å². The highest BCUT2D eigenvalue weighted by Crippen LogP contribution is 2.01. The summed E-state index contributed by atoms with van der Waals surface area (Å²) in [4.78, 5) is 57.1. The molecule has 1 aromatic heterocycles. The number of nitrogens with two attached hydrogens (primary N) is 6. The lowest BCUT2D eigenvalue weighted by Gasteiger charge is -2.07. The molecule has 1 heterocycles. The van der Waals surface area contributed by atoms with Gasteiger partial charge in [0.15, 0.2) is 0 Å². The van der Waals surface area contributed by atoms with Crippen LogP contribution < -0.4 is 34.4 Å². The Morgan fingerprint density at radius 3 is 1.60 bits per heavy atom. The second kappa shape index (κ2) is 24.4. The first-order valence-corrected chi connectivity index (χ1v) is 12.3. The Morgan fingerprint density at radius 2 is 1.27 bits per heavy atom. The van der Waals surface area contributed by atoms with E-state index < -0.39 is 54.0 Å². The number of carbonyl (C=O) groups excluding carboxylic acids is 1. The lowest BCUT2D eigenvalue weighted by molar-refractivity contribution is -0.139. The number of hydrogen-bond acceptors (Lipinski definition) is 11. The molecule has 0 saturated carbocycles. The van der Waals surface area contributed by atoms with Crippen molar-refractivity contribution in [2.45, 2.75) is 83.0 Å². The SMILES string of the molecule is CC(C)C[C@H](N)C(=O)O.NC(=O)CC[C@H](N)C(=O)O.NCCCC[C@H](N)C(=O)O.N[C@@H](Cc1cnc[nH]1)C(=O)O. The van der Waals surface area contributed by atoms with E-state index in [0.29, 0.717) is 25.3 Å². The minimum absolute atomic E-state index is 0.0213. The average Bonchev–Trinajstić information content (AvgIpc) is 3.36. The minimum Gasteiger partial charge on any atom is -0.480 e. The lowest BCUT2D eigenvalue weighted by atomic mass is 10.1. The van der Waals surface area contributed by atoms with Gasteiger partial charge in [-0.25, -0.2) is 4.98 Å². The van der Waals surface area contributed by atoms with Gasteiger partial charge in [-0.1, -0.05) is 20.3 Å². The van der Waals surface area contributed by atoms with Crippen LogP contribution in [0.3, 0.4) is 0 Å². The Kier molecular flexibility index (Phi) is 24.9. The summed E-state index contributed by atoms with van der Waals surface area (Å²) >= 11 is 0. The van der Waals surface area contributed by atoms with Crippen molar-refractivity contribution in [3.63, 3.8) is 0 Å². The van der Waals surface area contributed by atoms with Gasteiger partial charge in [-0.2, -0.15) is 0 Å². The summed E-state index contributed by atoms with van der Waals surface area (Å²) < 4.78 is 0. The molecule has 0 saturated heterocycles. The van der Waals surface area contributed by atoms with Gasteiger partial charge in [0.1, 0.15) is 24.2 Å². The average molecular weight is 579 g/mol. The van der Waals surface area contributed by atoms with Crippen LogP contribution in [-0.4, -0.2) is 90.9 Å². The number of carboxylic acid groups (broad SMARTS) is 4. The van der Waals surface area contributed by atoms with Gasteiger partial charge in [-0.3, -0.25) is 24.0 Å². The lowest BCUT2D eigenvalue weighted by Crippen LogP contribution is -2.32. The molecule has 0 fully saturated rings. The molecule has 232 valence electrons. The monoisotopic (exact) mass is 578 g/mol. The van der Waals surface area contributed by atoms with Crippen LogP contribution in [0.2, 0.25) is 0 Å². The first-order chi connectivity index (χ1) is 18.5. The number of nitrogens with zero attached hydrogens (tertiary/aromatic N) is 1. The molecule has 1 rings (SSSR count). The first-order valence-electron chi connectivity index (χ1n) is 12.3. The van der Waals surface area contributed by atoms with E-state index in [1.54, 1.807) is 6.20 Å². The highest BCUT2D eigenvalue weighted by atomic mass is 16.4. The molecular formula is C23H46N8O9. The number of aromatic amines is 1. The molecule has 1 aromatic rings. The second-order valence-electron chi connectivity index (χ2n) is 8.98. The molecule has 0 bridgehead atoms. The fraction of sp³-hybridized carbons (Fsp3) is 0.652. The summed E-state index contributed by atoms with van der Waals surface area (Å²) in [5, 5.41) is 33.3. The van der Waals surface area contributed by atoms with E-state index in [2.05, 4.69) is 9.97 Å². The number of carboxylic acids is 4. The van der Waals surface area contributed by atoms with Crippen molar-refractivity contribution in [1.82, 2.24) is 9.97 Å². The van der Waals surface area contributed by atoms with E-state index in [1.165, 1.54) is 6.33 Å². The number of amides is 1. The first kappa shape index (κ1) is 40.9. The number of rotatable bonds is 15. The maximum Gasteiger partial charge on any atom is 0.320 e. The molecule has 17 nitrogen and oxygen atoms in total. The van der Waals surface area contributed by atoms with Crippen molar-refractivity contribution in [3.05, 3.63) is 18.2 Å². The van der Waals surface area contributed by atoms with Crippen molar-refractivity contribution in [1.29, 1.82) is 0 Å². The number of unbranched alkanes of at least 4 members (excludes halogenated alkanes) is 1. The van der Waals surface area contributed by atoms with Gasteiger partial charge in [0, 0.05) is 24.7 Å². The van der Waals surface area contributed by atoms with Crippen molar-refractivity contribution < 1.29 is 44.4 Å². The molecule has 0 radical (unpaired) electrons. The third kappa shape index (κ3) is 27.4. The van der Waals surface area contributed by atoms with E-state index in [4.69, 9.17) is 54.8 Å². The van der Waals surface area contributed by atoms with Crippen molar-refractivity contribution in [2.75, 3.05) is 6.54 Å². The third-order valence-electron chi connectivity index (χ3n) is 4.66. The maximum absolute atomic E-state index is 10.3. The quantitative estimate of drug-likeness (QED) is 0.100.